The van der Waals surface area contributed by atoms with Crippen molar-refractivity contribution in [3.63, 3.8) is 0 Å². The summed E-state index contributed by atoms with van der Waals surface area (Å²) in [4.78, 5) is 23.3. The molecule has 1 N–H and O–H groups in total. The van der Waals surface area contributed by atoms with Gasteiger partial charge in [-0.2, -0.15) is 0 Å². The lowest BCUT2D eigenvalue weighted by Gasteiger charge is -2.30. The number of hydrogen-bond donors (Lipinski definition) is 1. The maximum Gasteiger partial charge on any atom is 0.289 e. The summed E-state index contributed by atoms with van der Waals surface area (Å²) in [7, 11) is -4.30. The third kappa shape index (κ3) is 5.08. The first-order valence-electron chi connectivity index (χ1n) is 11.1. The van der Waals surface area contributed by atoms with Gasteiger partial charge in [-0.15, -0.1) is 0 Å². The van der Waals surface area contributed by atoms with E-state index in [9.17, 15) is 23.3 Å². The number of carbonyl (C=O) groups excluding carboxylic acids is 1. The number of anilines is 1. The van der Waals surface area contributed by atoms with Crippen LogP contribution in [0.2, 0.25) is 5.02 Å². The van der Waals surface area contributed by atoms with Gasteiger partial charge in [-0.3, -0.25) is 19.2 Å². The van der Waals surface area contributed by atoms with Crippen LogP contribution in [0.1, 0.15) is 32.6 Å². The van der Waals surface area contributed by atoms with Gasteiger partial charge in [0.2, 0.25) is 5.91 Å². The van der Waals surface area contributed by atoms with Crippen LogP contribution in [0.15, 0.2) is 51.8 Å². The van der Waals surface area contributed by atoms with Gasteiger partial charge in [0.05, 0.1) is 15.5 Å². The highest BCUT2D eigenvalue weighted by molar-refractivity contribution is 9.10. The van der Waals surface area contributed by atoms with Crippen molar-refractivity contribution < 1.29 is 18.1 Å². The summed E-state index contributed by atoms with van der Waals surface area (Å²) in [5.74, 6) is 1.32. The number of sulfonamides is 1. The van der Waals surface area contributed by atoms with Crippen molar-refractivity contribution >= 4 is 54.8 Å². The average molecular weight is 571 g/mol. The van der Waals surface area contributed by atoms with E-state index in [0.29, 0.717) is 11.8 Å². The second-order valence-electron chi connectivity index (χ2n) is 9.05. The van der Waals surface area contributed by atoms with E-state index in [4.69, 9.17) is 11.6 Å². The number of nitro benzene ring substituents is 1. The van der Waals surface area contributed by atoms with Crippen LogP contribution in [-0.4, -0.2) is 31.8 Å². The molecule has 11 heteroatoms. The molecule has 2 bridgehead atoms. The van der Waals surface area contributed by atoms with Crippen molar-refractivity contribution in [1.82, 2.24) is 5.32 Å². The van der Waals surface area contributed by atoms with E-state index in [0.717, 1.165) is 27.2 Å². The van der Waals surface area contributed by atoms with Crippen LogP contribution < -0.4 is 9.62 Å². The van der Waals surface area contributed by atoms with Crippen LogP contribution in [-0.2, 0) is 14.8 Å². The molecule has 8 nitrogen and oxygen atoms in total. The molecule has 4 rings (SSSR count). The van der Waals surface area contributed by atoms with Crippen molar-refractivity contribution in [3.8, 4) is 0 Å². The molecule has 0 spiro atoms. The fourth-order valence-corrected chi connectivity index (χ4v) is 7.18. The smallest absolute Gasteiger partial charge is 0.289 e. The van der Waals surface area contributed by atoms with Gasteiger partial charge < -0.3 is 5.32 Å². The maximum absolute atomic E-state index is 13.6. The number of nitro groups is 1. The van der Waals surface area contributed by atoms with E-state index >= 15 is 0 Å². The van der Waals surface area contributed by atoms with Crippen LogP contribution in [0.4, 0.5) is 11.4 Å². The molecule has 2 aliphatic carbocycles. The van der Waals surface area contributed by atoms with Gasteiger partial charge in [-0.1, -0.05) is 34.0 Å². The minimum Gasteiger partial charge on any atom is -0.352 e. The Balaban J connectivity index is 1.60. The monoisotopic (exact) mass is 569 g/mol. The van der Waals surface area contributed by atoms with Crippen LogP contribution in [0.3, 0.4) is 0 Å². The SMILES string of the molecule is C[C@@H](NC(=O)CN(c1ccc(Br)cc1)S(=O)(=O)c1ccc(Cl)c([N+](=O)[O-])c1)[C@H]1C[C@H]2CC[C@H]1C2. The van der Waals surface area contributed by atoms with Gasteiger partial charge in [-0.25, -0.2) is 8.42 Å². The van der Waals surface area contributed by atoms with Crippen molar-refractivity contribution in [3.05, 3.63) is 62.1 Å². The minimum atomic E-state index is -4.30. The number of rotatable bonds is 8. The lowest BCUT2D eigenvalue weighted by Crippen LogP contribution is -2.46. The van der Waals surface area contributed by atoms with E-state index in [1.807, 2.05) is 6.92 Å². The largest absolute Gasteiger partial charge is 0.352 e. The summed E-state index contributed by atoms with van der Waals surface area (Å²) in [5.41, 5.74) is -0.253. The zero-order valence-electron chi connectivity index (χ0n) is 18.5. The van der Waals surface area contributed by atoms with E-state index in [-0.39, 0.29) is 21.6 Å². The maximum atomic E-state index is 13.6. The van der Waals surface area contributed by atoms with Gasteiger partial charge in [0.1, 0.15) is 11.6 Å². The quantitative estimate of drug-likeness (QED) is 0.349. The van der Waals surface area contributed by atoms with E-state index < -0.39 is 33.1 Å². The molecule has 1 amide bonds. The number of benzene rings is 2. The predicted octanol–water partition coefficient (Wildman–Crippen LogP) is 5.15. The molecule has 34 heavy (non-hydrogen) atoms. The molecule has 4 atom stereocenters. The number of carbonyl (C=O) groups is 1. The third-order valence-electron chi connectivity index (χ3n) is 6.93. The summed E-state index contributed by atoms with van der Waals surface area (Å²) in [5, 5.41) is 14.1. The van der Waals surface area contributed by atoms with Gasteiger partial charge in [0.15, 0.2) is 0 Å². The van der Waals surface area contributed by atoms with E-state index in [2.05, 4.69) is 21.2 Å². The number of amides is 1. The van der Waals surface area contributed by atoms with Gasteiger partial charge in [0, 0.05) is 16.6 Å². The van der Waals surface area contributed by atoms with E-state index in [1.165, 1.54) is 31.4 Å². The molecular weight excluding hydrogens is 546 g/mol. The Kier molecular flexibility index (Phi) is 7.21. The van der Waals surface area contributed by atoms with Crippen LogP contribution in [0.5, 0.6) is 0 Å². The zero-order chi connectivity index (χ0) is 24.6. The fraction of sp³-hybridized carbons (Fsp3) is 0.435. The summed E-state index contributed by atoms with van der Waals surface area (Å²) in [6.07, 6.45) is 4.74. The van der Waals surface area contributed by atoms with Gasteiger partial charge >= 0.3 is 0 Å². The molecule has 0 aliphatic heterocycles. The van der Waals surface area contributed by atoms with Crippen LogP contribution >= 0.6 is 27.5 Å². The number of halogens is 2. The van der Waals surface area contributed by atoms with Crippen LogP contribution in [0, 0.1) is 27.9 Å². The molecule has 0 radical (unpaired) electrons. The molecule has 0 saturated heterocycles. The van der Waals surface area contributed by atoms with Gasteiger partial charge in [0.25, 0.3) is 15.7 Å². The number of nitrogens with zero attached hydrogens (tertiary/aromatic N) is 2. The molecule has 0 unspecified atom stereocenters. The minimum absolute atomic E-state index is 0.0612. The second-order valence-corrected chi connectivity index (χ2v) is 12.2. The number of hydrogen-bond acceptors (Lipinski definition) is 5. The number of nitrogens with one attached hydrogen (secondary N) is 1. The standard InChI is InChI=1S/C23H25BrClN3O5S/c1-14(20-11-15-2-3-16(20)10-15)26-23(29)13-27(18-6-4-17(24)5-7-18)34(32,33)19-8-9-21(25)22(12-19)28(30)31/h4-9,12,14-16,20H,2-3,10-11,13H2,1H3,(H,26,29)/t14-,15+,16+,20-/m1/s1. The van der Waals surface area contributed by atoms with Crippen molar-refractivity contribution in [2.75, 3.05) is 10.8 Å². The molecule has 2 aliphatic rings. The zero-order valence-corrected chi connectivity index (χ0v) is 21.6. The Morgan fingerprint density at radius 1 is 1.24 bits per heavy atom. The Hall–Kier alpha value is -2.17. The van der Waals surface area contributed by atoms with Gasteiger partial charge in [-0.05, 0) is 80.3 Å². The van der Waals surface area contributed by atoms with Crippen LogP contribution in [0.25, 0.3) is 0 Å². The summed E-state index contributed by atoms with van der Waals surface area (Å²) in [6.45, 7) is 1.52. The lowest BCUT2D eigenvalue weighted by molar-refractivity contribution is -0.384. The molecule has 2 aromatic carbocycles. The molecule has 2 fully saturated rings. The first-order valence-corrected chi connectivity index (χ1v) is 13.7. The first kappa shape index (κ1) is 24.9. The second kappa shape index (κ2) is 9.83. The highest BCUT2D eigenvalue weighted by atomic mass is 79.9. The highest BCUT2D eigenvalue weighted by Crippen LogP contribution is 2.49. The Labute approximate surface area is 212 Å². The summed E-state index contributed by atoms with van der Waals surface area (Å²) < 4.78 is 28.8. The van der Waals surface area contributed by atoms with E-state index in [1.54, 1.807) is 24.3 Å². The van der Waals surface area contributed by atoms with Crippen molar-refractivity contribution in [2.24, 2.45) is 17.8 Å². The molecule has 2 aromatic rings. The molecule has 0 aromatic heterocycles. The molecule has 2 saturated carbocycles. The first-order chi connectivity index (χ1) is 16.1. The predicted molar refractivity (Wildman–Crippen MR) is 133 cm³/mol. The Morgan fingerprint density at radius 3 is 2.53 bits per heavy atom. The highest BCUT2D eigenvalue weighted by Gasteiger charge is 2.42. The number of fused-ring (bicyclic) bond motifs is 2. The topological polar surface area (TPSA) is 110 Å². The summed E-state index contributed by atoms with van der Waals surface area (Å²) >= 11 is 9.19. The fourth-order valence-electron chi connectivity index (χ4n) is 5.29. The van der Waals surface area contributed by atoms with Crippen molar-refractivity contribution in [2.45, 2.75) is 43.5 Å². The molecule has 0 heterocycles. The Morgan fingerprint density at radius 2 is 1.94 bits per heavy atom. The van der Waals surface area contributed by atoms with Crippen molar-refractivity contribution in [1.29, 1.82) is 0 Å². The Bertz CT molecular complexity index is 1210. The summed E-state index contributed by atoms with van der Waals surface area (Å²) in [6, 6.07) is 9.69. The third-order valence-corrected chi connectivity index (χ3v) is 9.55. The average Bonchev–Trinajstić information content (AvgIpc) is 3.42. The molecule has 182 valence electrons. The lowest BCUT2D eigenvalue weighted by atomic mass is 9.84. The normalized spacial score (nSPS) is 22.4. The molecular formula is C23H25BrClN3O5S.